The molecule has 1 aliphatic heterocycles. The molecule has 0 bridgehead atoms. The molecule has 5 rings (SSSR count). The molecule has 6 N–H and O–H groups in total. The number of benzene rings is 2. The maximum Gasteiger partial charge on any atom is 0.322 e. The third-order valence-corrected chi connectivity index (χ3v) is 6.12. The number of nitrogen functional groups attached to an aromatic ring is 1. The SMILES string of the molecule is COc1ccccc1NC(=O)N1CC=C(c2cc3c(Nc4ccc(N)c(C=N)c4)ncnc3[nH]2)CC1. The highest BCUT2D eigenvalue weighted by molar-refractivity contribution is 5.94. The van der Waals surface area contributed by atoms with Gasteiger partial charge in [0.1, 0.15) is 23.5 Å². The molecular formula is C26H26N8O2. The molecule has 182 valence electrons. The van der Waals surface area contributed by atoms with E-state index in [4.69, 9.17) is 15.9 Å². The Kier molecular flexibility index (Phi) is 6.23. The number of urea groups is 1. The van der Waals surface area contributed by atoms with Crippen molar-refractivity contribution in [3.8, 4) is 5.75 Å². The lowest BCUT2D eigenvalue weighted by atomic mass is 10.1. The summed E-state index contributed by atoms with van der Waals surface area (Å²) in [6.07, 6.45) is 5.47. The van der Waals surface area contributed by atoms with E-state index in [1.54, 1.807) is 24.1 Å². The van der Waals surface area contributed by atoms with E-state index in [1.807, 2.05) is 42.5 Å². The minimum atomic E-state index is -0.170. The first-order chi connectivity index (χ1) is 17.6. The lowest BCUT2D eigenvalue weighted by Crippen LogP contribution is -2.38. The van der Waals surface area contributed by atoms with Gasteiger partial charge in [0.05, 0.1) is 18.2 Å². The number of nitrogens with one attached hydrogen (secondary N) is 4. The van der Waals surface area contributed by atoms with Gasteiger partial charge in [0.15, 0.2) is 0 Å². The first-order valence-corrected chi connectivity index (χ1v) is 11.4. The Balaban J connectivity index is 1.32. The number of carbonyl (C=O) groups excluding carboxylic acids is 1. The summed E-state index contributed by atoms with van der Waals surface area (Å²) in [5.41, 5.74) is 11.3. The van der Waals surface area contributed by atoms with E-state index < -0.39 is 0 Å². The third-order valence-electron chi connectivity index (χ3n) is 6.12. The molecule has 0 unspecified atom stereocenters. The number of methoxy groups -OCH3 is 1. The second-order valence-corrected chi connectivity index (χ2v) is 8.34. The summed E-state index contributed by atoms with van der Waals surface area (Å²) in [4.78, 5) is 26.7. The van der Waals surface area contributed by atoms with Crippen LogP contribution in [0.1, 0.15) is 17.7 Å². The number of aromatic nitrogens is 3. The van der Waals surface area contributed by atoms with Gasteiger partial charge in [0.2, 0.25) is 0 Å². The molecule has 0 atom stereocenters. The van der Waals surface area contributed by atoms with Crippen LogP contribution in [-0.2, 0) is 0 Å². The van der Waals surface area contributed by atoms with Gasteiger partial charge in [-0.15, -0.1) is 0 Å². The quantitative estimate of drug-likeness (QED) is 0.200. The number of ether oxygens (including phenoxy) is 1. The van der Waals surface area contributed by atoms with Gasteiger partial charge in [-0.25, -0.2) is 14.8 Å². The zero-order valence-corrected chi connectivity index (χ0v) is 19.7. The van der Waals surface area contributed by atoms with E-state index in [2.05, 4.69) is 25.6 Å². The van der Waals surface area contributed by atoms with Crippen molar-refractivity contribution >= 4 is 51.7 Å². The summed E-state index contributed by atoms with van der Waals surface area (Å²) >= 11 is 0. The van der Waals surface area contributed by atoms with Crippen LogP contribution in [0.4, 0.5) is 27.7 Å². The highest BCUT2D eigenvalue weighted by Gasteiger charge is 2.20. The summed E-state index contributed by atoms with van der Waals surface area (Å²) in [6.45, 7) is 1.07. The van der Waals surface area contributed by atoms with Gasteiger partial charge in [-0.3, -0.25) is 0 Å². The van der Waals surface area contributed by atoms with Gasteiger partial charge in [0.25, 0.3) is 0 Å². The average molecular weight is 483 g/mol. The summed E-state index contributed by atoms with van der Waals surface area (Å²) in [6, 6.07) is 14.6. The van der Waals surface area contributed by atoms with Crippen LogP contribution in [0, 0.1) is 5.41 Å². The van der Waals surface area contributed by atoms with Crippen LogP contribution in [0.15, 0.2) is 60.9 Å². The topological polar surface area (TPSA) is 145 Å². The van der Waals surface area contributed by atoms with Gasteiger partial charge in [0, 0.05) is 41.9 Å². The zero-order chi connectivity index (χ0) is 25.1. The van der Waals surface area contributed by atoms with Crippen molar-refractivity contribution in [2.75, 3.05) is 36.6 Å². The number of rotatable bonds is 6. The number of H-pyrrole nitrogens is 1. The Morgan fingerprint density at radius 1 is 1.22 bits per heavy atom. The normalized spacial score (nSPS) is 13.2. The van der Waals surface area contributed by atoms with Gasteiger partial charge in [-0.2, -0.15) is 0 Å². The molecule has 0 saturated heterocycles. The predicted octanol–water partition coefficient (Wildman–Crippen LogP) is 4.61. The number of anilines is 4. The molecule has 0 fully saturated rings. The van der Waals surface area contributed by atoms with Crippen LogP contribution in [0.3, 0.4) is 0 Å². The Morgan fingerprint density at radius 3 is 2.86 bits per heavy atom. The predicted molar refractivity (Wildman–Crippen MR) is 142 cm³/mol. The van der Waals surface area contributed by atoms with Gasteiger partial charge in [-0.1, -0.05) is 18.2 Å². The van der Waals surface area contributed by atoms with Crippen LogP contribution >= 0.6 is 0 Å². The van der Waals surface area contributed by atoms with Gasteiger partial charge >= 0.3 is 6.03 Å². The van der Waals surface area contributed by atoms with E-state index in [0.29, 0.717) is 53.7 Å². The first-order valence-electron chi connectivity index (χ1n) is 11.4. The molecule has 0 aliphatic carbocycles. The monoisotopic (exact) mass is 482 g/mol. The molecule has 0 spiro atoms. The molecule has 2 aromatic carbocycles. The van der Waals surface area contributed by atoms with E-state index in [0.717, 1.165) is 22.3 Å². The van der Waals surface area contributed by atoms with Crippen molar-refractivity contribution in [3.63, 3.8) is 0 Å². The summed E-state index contributed by atoms with van der Waals surface area (Å²) in [5, 5.41) is 14.6. The fourth-order valence-corrected chi connectivity index (χ4v) is 4.17. The molecule has 2 aromatic heterocycles. The number of nitrogens with two attached hydrogens (primary N) is 1. The molecule has 2 amide bonds. The largest absolute Gasteiger partial charge is 0.495 e. The number of amides is 2. The number of carbonyl (C=O) groups is 1. The summed E-state index contributed by atoms with van der Waals surface area (Å²) in [5.74, 6) is 1.27. The molecule has 0 radical (unpaired) electrons. The Hall–Kier alpha value is -4.86. The highest BCUT2D eigenvalue weighted by Crippen LogP contribution is 2.30. The van der Waals surface area contributed by atoms with Crippen molar-refractivity contribution in [2.24, 2.45) is 0 Å². The Morgan fingerprint density at radius 2 is 2.08 bits per heavy atom. The minimum absolute atomic E-state index is 0.170. The standard InChI is InChI=1S/C26H26N8O2/c1-36-23-5-3-2-4-21(23)33-26(35)34-10-8-16(9-11-34)22-13-19-24(29-15-30-25(19)32-22)31-18-6-7-20(28)17(12-18)14-27/h2-8,12-15,27H,9-11,28H2,1H3,(H,33,35)(H2,29,30,31,32). The Bertz CT molecular complexity index is 1480. The maximum absolute atomic E-state index is 12.8. The second-order valence-electron chi connectivity index (χ2n) is 8.34. The molecule has 10 nitrogen and oxygen atoms in total. The van der Waals surface area contributed by atoms with Crippen LogP contribution in [0.25, 0.3) is 16.6 Å². The van der Waals surface area contributed by atoms with Crippen molar-refractivity contribution in [1.29, 1.82) is 5.41 Å². The molecule has 36 heavy (non-hydrogen) atoms. The molecule has 0 saturated carbocycles. The maximum atomic E-state index is 12.8. The zero-order valence-electron chi connectivity index (χ0n) is 19.7. The fraction of sp³-hybridized carbons (Fsp3) is 0.154. The molecule has 3 heterocycles. The molecule has 10 heteroatoms. The second kappa shape index (κ2) is 9.79. The summed E-state index contributed by atoms with van der Waals surface area (Å²) < 4.78 is 5.32. The Labute approximate surface area is 207 Å². The average Bonchev–Trinajstić information content (AvgIpc) is 3.35. The lowest BCUT2D eigenvalue weighted by molar-refractivity contribution is 0.217. The van der Waals surface area contributed by atoms with E-state index in [-0.39, 0.29) is 6.03 Å². The minimum Gasteiger partial charge on any atom is -0.495 e. The molecular weight excluding hydrogens is 456 g/mol. The molecule has 4 aromatic rings. The van der Waals surface area contributed by atoms with Crippen molar-refractivity contribution in [2.45, 2.75) is 6.42 Å². The number of hydrogen-bond donors (Lipinski definition) is 5. The summed E-state index contributed by atoms with van der Waals surface area (Å²) in [7, 11) is 1.58. The number of fused-ring (bicyclic) bond motifs is 1. The van der Waals surface area contributed by atoms with Crippen molar-refractivity contribution < 1.29 is 9.53 Å². The van der Waals surface area contributed by atoms with E-state index in [1.165, 1.54) is 12.5 Å². The fourth-order valence-electron chi connectivity index (χ4n) is 4.17. The van der Waals surface area contributed by atoms with E-state index in [9.17, 15) is 4.79 Å². The number of para-hydroxylation sites is 2. The van der Waals surface area contributed by atoms with Gasteiger partial charge < -0.3 is 36.4 Å². The molecule has 1 aliphatic rings. The number of nitrogens with zero attached hydrogens (tertiary/aromatic N) is 3. The lowest BCUT2D eigenvalue weighted by Gasteiger charge is -2.26. The van der Waals surface area contributed by atoms with Crippen LogP contribution in [0.5, 0.6) is 5.75 Å². The third kappa shape index (κ3) is 4.56. The highest BCUT2D eigenvalue weighted by atomic mass is 16.5. The number of hydrogen-bond acceptors (Lipinski definition) is 7. The van der Waals surface area contributed by atoms with Crippen molar-refractivity contribution in [3.05, 3.63) is 72.2 Å². The van der Waals surface area contributed by atoms with Crippen LogP contribution in [0.2, 0.25) is 0 Å². The number of aromatic amines is 1. The van der Waals surface area contributed by atoms with Gasteiger partial charge in [-0.05, 0) is 48.4 Å². The van der Waals surface area contributed by atoms with Crippen LogP contribution in [-0.4, -0.2) is 52.3 Å². The first kappa shape index (κ1) is 22.9. The van der Waals surface area contributed by atoms with Crippen LogP contribution < -0.4 is 21.1 Å². The smallest absolute Gasteiger partial charge is 0.322 e. The van der Waals surface area contributed by atoms with E-state index >= 15 is 0 Å². The van der Waals surface area contributed by atoms with Crippen molar-refractivity contribution in [1.82, 2.24) is 19.9 Å².